The van der Waals surface area contributed by atoms with E-state index >= 15 is 0 Å². The Labute approximate surface area is 74.9 Å². The Morgan fingerprint density at radius 1 is 1.38 bits per heavy atom. The molecule has 0 radical (unpaired) electrons. The van der Waals surface area contributed by atoms with Crippen LogP contribution in [0.5, 0.6) is 5.75 Å². The molecule has 68 valence electrons. The summed E-state index contributed by atoms with van der Waals surface area (Å²) in [5.74, 6) is -0.555. The van der Waals surface area contributed by atoms with Crippen molar-refractivity contribution >= 4 is 5.97 Å². The highest BCUT2D eigenvalue weighted by molar-refractivity contribution is 5.87. The number of benzene rings is 1. The van der Waals surface area contributed by atoms with Crippen molar-refractivity contribution in [2.75, 3.05) is 0 Å². The maximum absolute atomic E-state index is 10.4. The van der Waals surface area contributed by atoms with E-state index in [1.807, 2.05) is 0 Å². The number of carboxylic acid groups (broad SMARTS) is 1. The Morgan fingerprint density at radius 2 is 2.00 bits per heavy atom. The molecule has 0 amide bonds. The lowest BCUT2D eigenvalue weighted by atomic mass is 10.2. The molecule has 1 aromatic rings. The average Bonchev–Trinajstić information content (AvgIpc) is 2.15. The highest BCUT2D eigenvalue weighted by Crippen LogP contribution is 2.12. The largest absolute Gasteiger partial charge is 0.478 e. The van der Waals surface area contributed by atoms with Crippen LogP contribution in [0.2, 0.25) is 0 Å². The molecule has 0 saturated heterocycles. The third-order valence-electron chi connectivity index (χ3n) is 1.31. The number of carbonyl (C=O) groups is 1. The van der Waals surface area contributed by atoms with Gasteiger partial charge < -0.3 is 5.11 Å². The van der Waals surface area contributed by atoms with E-state index in [1.165, 1.54) is 24.3 Å². The van der Waals surface area contributed by atoms with Gasteiger partial charge in [0.2, 0.25) is 0 Å². The quantitative estimate of drug-likeness (QED) is 0.436. The molecular formula is C9H8O4. The molecule has 0 saturated carbocycles. The zero-order valence-electron chi connectivity index (χ0n) is 6.77. The van der Waals surface area contributed by atoms with Crippen LogP contribution in [0.1, 0.15) is 10.4 Å². The van der Waals surface area contributed by atoms with Crippen molar-refractivity contribution in [3.8, 4) is 5.75 Å². The Kier molecular flexibility index (Phi) is 2.92. The first kappa shape index (κ1) is 9.12. The first-order chi connectivity index (χ1) is 6.24. The van der Waals surface area contributed by atoms with Crippen molar-refractivity contribution in [1.82, 2.24) is 0 Å². The van der Waals surface area contributed by atoms with Gasteiger partial charge in [-0.1, -0.05) is 6.58 Å². The van der Waals surface area contributed by atoms with Gasteiger partial charge in [0.15, 0.2) is 5.75 Å². The molecule has 0 aliphatic rings. The van der Waals surface area contributed by atoms with Crippen LogP contribution in [0.15, 0.2) is 37.1 Å². The zero-order valence-corrected chi connectivity index (χ0v) is 6.77. The van der Waals surface area contributed by atoms with Gasteiger partial charge in [-0.2, -0.15) is 0 Å². The van der Waals surface area contributed by atoms with Crippen molar-refractivity contribution in [3.05, 3.63) is 42.7 Å². The second-order valence-electron chi connectivity index (χ2n) is 2.18. The summed E-state index contributed by atoms with van der Waals surface area (Å²) in [4.78, 5) is 19.6. The summed E-state index contributed by atoms with van der Waals surface area (Å²) >= 11 is 0. The fourth-order valence-corrected chi connectivity index (χ4v) is 0.743. The molecule has 1 rings (SSSR count). The van der Waals surface area contributed by atoms with E-state index in [1.54, 1.807) is 0 Å². The molecule has 4 nitrogen and oxygen atoms in total. The lowest BCUT2D eigenvalue weighted by molar-refractivity contribution is -0.148. The summed E-state index contributed by atoms with van der Waals surface area (Å²) in [6.07, 6.45) is 1.13. The minimum Gasteiger partial charge on any atom is -0.478 e. The normalized spacial score (nSPS) is 8.92. The van der Waals surface area contributed by atoms with Crippen LogP contribution >= 0.6 is 0 Å². The van der Waals surface area contributed by atoms with Crippen molar-refractivity contribution in [3.63, 3.8) is 0 Å². The lowest BCUT2D eigenvalue weighted by Crippen LogP contribution is -1.96. The smallest absolute Gasteiger partial charge is 0.335 e. The van der Waals surface area contributed by atoms with E-state index in [2.05, 4.69) is 16.4 Å². The monoisotopic (exact) mass is 180 g/mol. The number of rotatable bonds is 4. The summed E-state index contributed by atoms with van der Waals surface area (Å²) < 4.78 is 0. The molecular weight excluding hydrogens is 172 g/mol. The molecule has 0 aliphatic heterocycles. The third-order valence-corrected chi connectivity index (χ3v) is 1.31. The molecule has 4 heteroatoms. The first-order valence-corrected chi connectivity index (χ1v) is 3.51. The van der Waals surface area contributed by atoms with Gasteiger partial charge in [-0.05, 0) is 24.3 Å². The average molecular weight is 180 g/mol. The van der Waals surface area contributed by atoms with E-state index in [-0.39, 0.29) is 5.56 Å². The molecule has 0 atom stereocenters. The molecule has 0 aromatic heterocycles. The minimum atomic E-state index is -0.976. The van der Waals surface area contributed by atoms with Gasteiger partial charge in [0.05, 0.1) is 5.56 Å². The molecule has 0 bridgehead atoms. The molecule has 1 aromatic carbocycles. The van der Waals surface area contributed by atoms with E-state index < -0.39 is 5.97 Å². The highest BCUT2D eigenvalue weighted by Gasteiger charge is 2.01. The fraction of sp³-hybridized carbons (Fsp3) is 0. The number of aromatic carboxylic acids is 1. The van der Waals surface area contributed by atoms with Crippen molar-refractivity contribution in [2.24, 2.45) is 0 Å². The van der Waals surface area contributed by atoms with Crippen LogP contribution in [0.4, 0.5) is 0 Å². The molecule has 0 spiro atoms. The fourth-order valence-electron chi connectivity index (χ4n) is 0.743. The molecule has 0 aliphatic carbocycles. The maximum atomic E-state index is 10.4. The van der Waals surface area contributed by atoms with Crippen LogP contribution in [0.3, 0.4) is 0 Å². The van der Waals surface area contributed by atoms with E-state index in [0.29, 0.717) is 5.75 Å². The number of carboxylic acids is 1. The van der Waals surface area contributed by atoms with Gasteiger partial charge in [-0.25, -0.2) is 4.79 Å². The van der Waals surface area contributed by atoms with Gasteiger partial charge >= 0.3 is 5.97 Å². The lowest BCUT2D eigenvalue weighted by Gasteiger charge is -2.00. The minimum absolute atomic E-state index is 0.200. The van der Waals surface area contributed by atoms with Gasteiger partial charge in [-0.3, -0.25) is 9.78 Å². The molecule has 13 heavy (non-hydrogen) atoms. The Hall–Kier alpha value is -1.97. The van der Waals surface area contributed by atoms with Crippen LogP contribution in [-0.2, 0) is 4.89 Å². The van der Waals surface area contributed by atoms with Crippen molar-refractivity contribution < 1.29 is 19.7 Å². The van der Waals surface area contributed by atoms with Crippen molar-refractivity contribution in [2.45, 2.75) is 0 Å². The van der Waals surface area contributed by atoms with Gasteiger partial charge in [0.1, 0.15) is 6.26 Å². The summed E-state index contributed by atoms with van der Waals surface area (Å²) in [5, 5.41) is 8.56. The highest BCUT2D eigenvalue weighted by atomic mass is 17.2. The summed E-state index contributed by atoms with van der Waals surface area (Å²) in [7, 11) is 0. The van der Waals surface area contributed by atoms with E-state index in [0.717, 1.165) is 6.26 Å². The predicted octanol–water partition coefficient (Wildman–Crippen LogP) is 1.84. The Morgan fingerprint density at radius 3 is 2.46 bits per heavy atom. The standard InChI is InChI=1S/C9H8O4/c1-2-12-13-8-5-3-7(4-6-8)9(10)11/h2-6H,1H2,(H,10,11). The second kappa shape index (κ2) is 4.15. The second-order valence-corrected chi connectivity index (χ2v) is 2.18. The van der Waals surface area contributed by atoms with Gasteiger partial charge in [-0.15, -0.1) is 0 Å². The van der Waals surface area contributed by atoms with E-state index in [4.69, 9.17) is 5.11 Å². The first-order valence-electron chi connectivity index (χ1n) is 3.51. The SMILES string of the molecule is C=COOc1ccc(C(=O)O)cc1. The molecule has 1 N–H and O–H groups in total. The predicted molar refractivity (Wildman–Crippen MR) is 45.3 cm³/mol. The Bertz CT molecular complexity index is 302. The number of hydrogen-bond donors (Lipinski definition) is 1. The van der Waals surface area contributed by atoms with Gasteiger partial charge in [0, 0.05) is 0 Å². The summed E-state index contributed by atoms with van der Waals surface area (Å²) in [6, 6.07) is 5.83. The summed E-state index contributed by atoms with van der Waals surface area (Å²) in [6.45, 7) is 3.28. The van der Waals surface area contributed by atoms with Gasteiger partial charge in [0.25, 0.3) is 0 Å². The van der Waals surface area contributed by atoms with Crippen LogP contribution in [-0.4, -0.2) is 11.1 Å². The Balaban J connectivity index is 2.69. The molecule has 0 fully saturated rings. The molecule has 0 unspecified atom stereocenters. The van der Waals surface area contributed by atoms with Crippen LogP contribution in [0, 0.1) is 0 Å². The van der Waals surface area contributed by atoms with Crippen LogP contribution < -0.4 is 4.89 Å². The summed E-state index contributed by atoms with van der Waals surface area (Å²) in [5.41, 5.74) is 0.200. The topological polar surface area (TPSA) is 55.8 Å². The molecule has 0 heterocycles. The van der Waals surface area contributed by atoms with Crippen molar-refractivity contribution in [1.29, 1.82) is 0 Å². The maximum Gasteiger partial charge on any atom is 0.335 e. The zero-order chi connectivity index (χ0) is 9.68. The van der Waals surface area contributed by atoms with Crippen LogP contribution in [0.25, 0.3) is 0 Å². The van der Waals surface area contributed by atoms with E-state index in [9.17, 15) is 4.79 Å². The third kappa shape index (κ3) is 2.52. The number of hydrogen-bond acceptors (Lipinski definition) is 3.